The Balaban J connectivity index is 0.00000272. The van der Waals surface area contributed by atoms with Gasteiger partial charge >= 0.3 is 0 Å². The van der Waals surface area contributed by atoms with Crippen LogP contribution in [0, 0.1) is 5.82 Å². The maximum Gasteiger partial charge on any atom is 0.258 e. The molecule has 0 saturated carbocycles. The number of amides is 1. The molecule has 1 heterocycles. The van der Waals surface area contributed by atoms with Gasteiger partial charge in [0.05, 0.1) is 5.56 Å². The maximum absolute atomic E-state index is 13.8. The number of hydrogen-bond acceptors (Lipinski definition) is 4. The normalized spacial score (nSPS) is 12.5. The fraction of sp³-hybridized carbons (Fsp3) is 0. The van der Waals surface area contributed by atoms with Crippen LogP contribution in [0.25, 0.3) is 5.69 Å². The molecular formula is C22H16FKN3O3P-. The molecule has 151 valence electrons. The number of anilines is 1. The number of nitrogens with zero attached hydrogens (tertiary/aromatic N) is 2. The average Bonchev–Trinajstić information content (AvgIpc) is 3.26. The van der Waals surface area contributed by atoms with Gasteiger partial charge in [-0.25, -0.2) is 9.37 Å². The molecule has 1 aromatic heterocycles. The van der Waals surface area contributed by atoms with Gasteiger partial charge in [-0.05, 0) is 36.4 Å². The summed E-state index contributed by atoms with van der Waals surface area (Å²) in [6, 6.07) is 20.3. The zero-order chi connectivity index (χ0) is 21.1. The second-order valence-electron chi connectivity index (χ2n) is 6.47. The molecule has 1 unspecified atom stereocenters. The van der Waals surface area contributed by atoms with E-state index in [4.69, 9.17) is 0 Å². The van der Waals surface area contributed by atoms with E-state index in [-0.39, 0.29) is 67.8 Å². The molecule has 1 N–H and O–H groups in total. The van der Waals surface area contributed by atoms with Crippen molar-refractivity contribution in [3.8, 4) is 5.69 Å². The molecule has 6 nitrogen and oxygen atoms in total. The molecule has 1 radical (unpaired) electrons. The molecule has 0 spiro atoms. The summed E-state index contributed by atoms with van der Waals surface area (Å²) in [6.07, 6.45) is 2.96. The van der Waals surface area contributed by atoms with E-state index in [1.165, 1.54) is 41.1 Å². The van der Waals surface area contributed by atoms with Crippen molar-refractivity contribution < 1.29 is 18.6 Å². The van der Waals surface area contributed by atoms with E-state index in [1.807, 2.05) is 0 Å². The topological polar surface area (TPSA) is 87.0 Å². The first-order valence-electron chi connectivity index (χ1n) is 9.04. The van der Waals surface area contributed by atoms with Gasteiger partial charge in [-0.1, -0.05) is 42.5 Å². The molecule has 0 saturated heterocycles. The first-order valence-corrected chi connectivity index (χ1v) is 10.7. The minimum absolute atomic E-state index is 0. The Hall–Kier alpha value is -1.90. The maximum atomic E-state index is 13.8. The number of imidazole rings is 1. The molecule has 9 heteroatoms. The first-order chi connectivity index (χ1) is 14.5. The predicted molar refractivity (Wildman–Crippen MR) is 117 cm³/mol. The predicted octanol–water partition coefficient (Wildman–Crippen LogP) is 2.47. The van der Waals surface area contributed by atoms with Crippen molar-refractivity contribution in [3.63, 3.8) is 0 Å². The van der Waals surface area contributed by atoms with Gasteiger partial charge in [-0.3, -0.25) is 9.36 Å². The van der Waals surface area contributed by atoms with Crippen LogP contribution in [0.1, 0.15) is 10.4 Å². The quantitative estimate of drug-likeness (QED) is 0.367. The number of nitrogens with one attached hydrogen (secondary N) is 1. The Labute approximate surface area is 221 Å². The minimum atomic E-state index is -4.14. The minimum Gasteiger partial charge on any atom is -0.790 e. The number of halogens is 1. The van der Waals surface area contributed by atoms with Crippen molar-refractivity contribution >= 4 is 81.2 Å². The number of hydrogen-bond donors (Lipinski definition) is 1. The molecule has 0 aliphatic heterocycles. The third kappa shape index (κ3) is 5.13. The van der Waals surface area contributed by atoms with Gasteiger partial charge in [-0.15, -0.1) is 0 Å². The molecule has 4 aromatic rings. The summed E-state index contributed by atoms with van der Waals surface area (Å²) < 4.78 is 28.2. The summed E-state index contributed by atoms with van der Waals surface area (Å²) in [4.78, 5) is 29.2. The smallest absolute Gasteiger partial charge is 0.258 e. The van der Waals surface area contributed by atoms with Crippen molar-refractivity contribution in [2.24, 2.45) is 0 Å². The van der Waals surface area contributed by atoms with Crippen molar-refractivity contribution in [2.75, 3.05) is 5.32 Å². The van der Waals surface area contributed by atoms with Crippen LogP contribution in [0.3, 0.4) is 0 Å². The molecule has 0 fully saturated rings. The van der Waals surface area contributed by atoms with Crippen LogP contribution in [-0.2, 0) is 4.57 Å². The van der Waals surface area contributed by atoms with Crippen LogP contribution in [0.15, 0.2) is 91.3 Å². The van der Waals surface area contributed by atoms with Crippen molar-refractivity contribution in [2.45, 2.75) is 0 Å². The van der Waals surface area contributed by atoms with Gasteiger partial charge in [0.2, 0.25) is 0 Å². The summed E-state index contributed by atoms with van der Waals surface area (Å²) in [5, 5.41) is 2.79. The van der Waals surface area contributed by atoms with E-state index in [2.05, 4.69) is 10.3 Å². The number of carbonyl (C=O) groups is 1. The third-order valence-electron chi connectivity index (χ3n) is 4.50. The van der Waals surface area contributed by atoms with E-state index < -0.39 is 19.1 Å². The van der Waals surface area contributed by atoms with E-state index >= 15 is 0 Å². The second-order valence-corrected chi connectivity index (χ2v) is 8.48. The van der Waals surface area contributed by atoms with E-state index in [9.17, 15) is 18.6 Å². The van der Waals surface area contributed by atoms with Crippen LogP contribution in [0.4, 0.5) is 10.1 Å². The summed E-state index contributed by atoms with van der Waals surface area (Å²) in [6.45, 7) is 0. The molecule has 0 bridgehead atoms. The van der Waals surface area contributed by atoms with Crippen LogP contribution in [0.2, 0.25) is 0 Å². The molecule has 0 aliphatic carbocycles. The molecule has 3 aromatic carbocycles. The largest absolute Gasteiger partial charge is 0.790 e. The Kier molecular flexibility index (Phi) is 7.77. The van der Waals surface area contributed by atoms with Crippen LogP contribution >= 0.6 is 7.37 Å². The van der Waals surface area contributed by atoms with Gasteiger partial charge in [0, 0.05) is 80.5 Å². The van der Waals surface area contributed by atoms with Gasteiger partial charge in [0.25, 0.3) is 5.91 Å². The van der Waals surface area contributed by atoms with Crippen molar-refractivity contribution in [1.29, 1.82) is 0 Å². The molecule has 1 atom stereocenters. The SMILES string of the molecule is O=C(Nc1ccc(-n2ccnc2P(=O)([O-])c2ccccc2)cc1)c1ccccc1F.[K]. The summed E-state index contributed by atoms with van der Waals surface area (Å²) in [5.41, 5.74) is 0.853. The summed E-state index contributed by atoms with van der Waals surface area (Å²) in [7, 11) is -4.14. The van der Waals surface area contributed by atoms with Gasteiger partial charge in [0.1, 0.15) is 13.2 Å². The molecule has 4 rings (SSSR count). The van der Waals surface area contributed by atoms with Gasteiger partial charge in [-0.2, -0.15) is 0 Å². The van der Waals surface area contributed by atoms with E-state index in [0.717, 1.165) is 0 Å². The van der Waals surface area contributed by atoms with Crippen molar-refractivity contribution in [3.05, 3.63) is 103 Å². The Morgan fingerprint density at radius 3 is 2.29 bits per heavy atom. The standard InChI is InChI=1S/C22H17FN3O3P.K/c23-20-9-5-4-8-19(20)21(27)25-16-10-12-17(13-11-16)26-15-14-24-22(26)30(28,29)18-6-2-1-3-7-18;/h1-15H,(H,25,27)(H,28,29);/p-1. The summed E-state index contributed by atoms with van der Waals surface area (Å²) >= 11 is 0. The van der Waals surface area contributed by atoms with Gasteiger partial charge < -0.3 is 14.8 Å². The first kappa shape index (κ1) is 23.8. The zero-order valence-corrected chi connectivity index (χ0v) is 20.6. The third-order valence-corrected chi connectivity index (χ3v) is 6.34. The summed E-state index contributed by atoms with van der Waals surface area (Å²) in [5.74, 6) is -1.18. The average molecular weight is 459 g/mol. The molecule has 31 heavy (non-hydrogen) atoms. The monoisotopic (exact) mass is 459 g/mol. The Morgan fingerprint density at radius 2 is 1.61 bits per heavy atom. The number of carbonyl (C=O) groups excluding carboxylic acids is 1. The fourth-order valence-electron chi connectivity index (χ4n) is 3.00. The number of rotatable bonds is 5. The zero-order valence-electron chi connectivity index (χ0n) is 16.6. The molecule has 1 amide bonds. The molecular weight excluding hydrogens is 443 g/mol. The van der Waals surface area contributed by atoms with Crippen LogP contribution in [-0.4, -0.2) is 66.8 Å². The Bertz CT molecular complexity index is 1250. The Morgan fingerprint density at radius 1 is 0.968 bits per heavy atom. The van der Waals surface area contributed by atoms with Crippen LogP contribution in [0.5, 0.6) is 0 Å². The number of benzene rings is 3. The van der Waals surface area contributed by atoms with E-state index in [1.54, 1.807) is 54.7 Å². The fourth-order valence-corrected chi connectivity index (χ4v) is 4.48. The van der Waals surface area contributed by atoms with E-state index in [0.29, 0.717) is 11.4 Å². The number of aromatic nitrogens is 2. The van der Waals surface area contributed by atoms with Gasteiger partial charge in [0.15, 0.2) is 5.57 Å². The van der Waals surface area contributed by atoms with Crippen LogP contribution < -0.4 is 21.1 Å². The molecule has 0 aliphatic rings. The second kappa shape index (κ2) is 10.1. The van der Waals surface area contributed by atoms with Crippen molar-refractivity contribution in [1.82, 2.24) is 9.55 Å².